The molecule has 0 amide bonds. The van der Waals surface area contributed by atoms with Crippen LogP contribution in [0.1, 0.15) is 25.7 Å². The Morgan fingerprint density at radius 2 is 2.07 bits per heavy atom. The standard InChI is InChI=1S/C10H18F2N2/c11-10(12)14-6-2-4-9(14)8-3-1-5-13-7-8/h8-10,13H,1-7H2. The Bertz CT molecular complexity index is 181. The minimum absolute atomic E-state index is 0.128. The van der Waals surface area contributed by atoms with E-state index in [9.17, 15) is 8.78 Å². The lowest BCUT2D eigenvalue weighted by Crippen LogP contribution is -2.45. The third kappa shape index (κ3) is 2.06. The van der Waals surface area contributed by atoms with Crippen LogP contribution in [-0.2, 0) is 0 Å². The van der Waals surface area contributed by atoms with Crippen LogP contribution < -0.4 is 5.32 Å². The van der Waals surface area contributed by atoms with Gasteiger partial charge in [0.25, 0.3) is 6.55 Å². The van der Waals surface area contributed by atoms with Gasteiger partial charge in [-0.25, -0.2) is 4.90 Å². The molecule has 2 nitrogen and oxygen atoms in total. The van der Waals surface area contributed by atoms with E-state index in [0.29, 0.717) is 12.5 Å². The number of piperidine rings is 1. The smallest absolute Gasteiger partial charge is 0.295 e. The molecule has 2 saturated heterocycles. The van der Waals surface area contributed by atoms with Crippen LogP contribution in [0.15, 0.2) is 0 Å². The average molecular weight is 204 g/mol. The Morgan fingerprint density at radius 1 is 1.21 bits per heavy atom. The van der Waals surface area contributed by atoms with Crippen molar-refractivity contribution < 1.29 is 8.78 Å². The maximum Gasteiger partial charge on any atom is 0.295 e. The van der Waals surface area contributed by atoms with Crippen LogP contribution in [0.25, 0.3) is 0 Å². The molecule has 2 unspecified atom stereocenters. The number of halogens is 2. The highest BCUT2D eigenvalue weighted by Crippen LogP contribution is 2.30. The normalized spacial score (nSPS) is 35.4. The summed E-state index contributed by atoms with van der Waals surface area (Å²) < 4.78 is 25.3. The van der Waals surface area contributed by atoms with Gasteiger partial charge in [0, 0.05) is 12.6 Å². The Hall–Kier alpha value is -0.220. The van der Waals surface area contributed by atoms with Crippen LogP contribution in [0.4, 0.5) is 8.78 Å². The first-order valence-corrected chi connectivity index (χ1v) is 5.53. The predicted octanol–water partition coefficient (Wildman–Crippen LogP) is 1.67. The lowest BCUT2D eigenvalue weighted by Gasteiger charge is -2.33. The van der Waals surface area contributed by atoms with Gasteiger partial charge in [-0.15, -0.1) is 0 Å². The highest BCUT2D eigenvalue weighted by molar-refractivity contribution is 4.87. The van der Waals surface area contributed by atoms with Gasteiger partial charge in [0.2, 0.25) is 0 Å². The molecule has 0 aromatic rings. The first-order valence-electron chi connectivity index (χ1n) is 5.53. The summed E-state index contributed by atoms with van der Waals surface area (Å²) in [5, 5.41) is 3.30. The van der Waals surface area contributed by atoms with Gasteiger partial charge < -0.3 is 5.32 Å². The molecule has 2 aliphatic heterocycles. The lowest BCUT2D eigenvalue weighted by molar-refractivity contribution is -0.0498. The fourth-order valence-corrected chi connectivity index (χ4v) is 2.77. The second kappa shape index (κ2) is 4.53. The van der Waals surface area contributed by atoms with Crippen molar-refractivity contribution in [3.05, 3.63) is 0 Å². The molecule has 0 spiro atoms. The van der Waals surface area contributed by atoms with E-state index in [1.54, 1.807) is 0 Å². The molecule has 2 heterocycles. The minimum atomic E-state index is -2.26. The molecule has 82 valence electrons. The van der Waals surface area contributed by atoms with Gasteiger partial charge >= 0.3 is 0 Å². The van der Waals surface area contributed by atoms with E-state index in [-0.39, 0.29) is 6.04 Å². The highest BCUT2D eigenvalue weighted by Gasteiger charge is 2.36. The van der Waals surface area contributed by atoms with E-state index >= 15 is 0 Å². The molecule has 2 fully saturated rings. The Balaban J connectivity index is 1.94. The number of alkyl halides is 2. The van der Waals surface area contributed by atoms with E-state index in [1.165, 1.54) is 4.90 Å². The zero-order valence-corrected chi connectivity index (χ0v) is 8.38. The van der Waals surface area contributed by atoms with Crippen molar-refractivity contribution in [2.45, 2.75) is 38.3 Å². The quantitative estimate of drug-likeness (QED) is 0.688. The van der Waals surface area contributed by atoms with Crippen molar-refractivity contribution in [2.75, 3.05) is 19.6 Å². The Kier molecular flexibility index (Phi) is 3.34. The van der Waals surface area contributed by atoms with Gasteiger partial charge in [0.15, 0.2) is 0 Å². The van der Waals surface area contributed by atoms with Gasteiger partial charge in [-0.3, -0.25) is 0 Å². The highest BCUT2D eigenvalue weighted by atomic mass is 19.3. The van der Waals surface area contributed by atoms with Crippen molar-refractivity contribution >= 4 is 0 Å². The first kappa shape index (κ1) is 10.3. The van der Waals surface area contributed by atoms with Gasteiger partial charge in [-0.2, -0.15) is 8.78 Å². The summed E-state index contributed by atoms with van der Waals surface area (Å²) in [6.45, 7) is 0.300. The van der Waals surface area contributed by atoms with Crippen molar-refractivity contribution in [1.82, 2.24) is 10.2 Å². The number of hydrogen-bond donors (Lipinski definition) is 1. The summed E-state index contributed by atoms with van der Waals surface area (Å²) in [5.41, 5.74) is 0. The maximum absolute atomic E-state index is 12.7. The largest absolute Gasteiger partial charge is 0.316 e. The molecule has 2 rings (SSSR count). The average Bonchev–Trinajstić information content (AvgIpc) is 2.67. The zero-order chi connectivity index (χ0) is 9.97. The first-order chi connectivity index (χ1) is 6.79. The van der Waals surface area contributed by atoms with Gasteiger partial charge in [-0.05, 0) is 44.7 Å². The van der Waals surface area contributed by atoms with Gasteiger partial charge in [0.05, 0.1) is 0 Å². The van der Waals surface area contributed by atoms with E-state index < -0.39 is 6.55 Å². The number of likely N-dealkylation sites (tertiary alicyclic amines) is 1. The molecule has 4 heteroatoms. The van der Waals surface area contributed by atoms with Crippen molar-refractivity contribution in [3.63, 3.8) is 0 Å². The number of hydrogen-bond acceptors (Lipinski definition) is 2. The summed E-state index contributed by atoms with van der Waals surface area (Å²) in [7, 11) is 0. The second-order valence-corrected chi connectivity index (χ2v) is 4.33. The summed E-state index contributed by atoms with van der Waals surface area (Å²) in [6, 6.07) is 0.128. The second-order valence-electron chi connectivity index (χ2n) is 4.33. The Labute approximate surface area is 83.7 Å². The van der Waals surface area contributed by atoms with Crippen LogP contribution in [0.5, 0.6) is 0 Å². The zero-order valence-electron chi connectivity index (χ0n) is 8.38. The molecule has 2 aliphatic rings. The summed E-state index contributed by atoms with van der Waals surface area (Å²) in [6.07, 6.45) is 4.14. The molecule has 0 saturated carbocycles. The van der Waals surface area contributed by atoms with Crippen LogP contribution in [0.2, 0.25) is 0 Å². The molecule has 2 atom stereocenters. The molecule has 0 bridgehead atoms. The molecule has 1 N–H and O–H groups in total. The summed E-state index contributed by atoms with van der Waals surface area (Å²) in [4.78, 5) is 1.39. The molecular formula is C10H18F2N2. The van der Waals surface area contributed by atoms with E-state index in [2.05, 4.69) is 5.32 Å². The van der Waals surface area contributed by atoms with Crippen LogP contribution in [-0.4, -0.2) is 37.1 Å². The van der Waals surface area contributed by atoms with E-state index in [0.717, 1.165) is 38.8 Å². The predicted molar refractivity (Wildman–Crippen MR) is 51.3 cm³/mol. The monoisotopic (exact) mass is 204 g/mol. The van der Waals surface area contributed by atoms with Crippen molar-refractivity contribution in [2.24, 2.45) is 5.92 Å². The van der Waals surface area contributed by atoms with Crippen LogP contribution >= 0.6 is 0 Å². The molecule has 0 radical (unpaired) electrons. The molecule has 0 aromatic carbocycles. The van der Waals surface area contributed by atoms with Gasteiger partial charge in [0.1, 0.15) is 0 Å². The SMILES string of the molecule is FC(F)N1CCCC1C1CCCNC1. The number of nitrogens with one attached hydrogen (secondary N) is 1. The maximum atomic E-state index is 12.7. The van der Waals surface area contributed by atoms with Crippen LogP contribution in [0, 0.1) is 5.92 Å². The summed E-state index contributed by atoms with van der Waals surface area (Å²) in [5.74, 6) is 0.445. The van der Waals surface area contributed by atoms with Gasteiger partial charge in [-0.1, -0.05) is 0 Å². The molecule has 0 aromatic heterocycles. The summed E-state index contributed by atoms with van der Waals surface area (Å²) >= 11 is 0. The van der Waals surface area contributed by atoms with E-state index in [1.807, 2.05) is 0 Å². The van der Waals surface area contributed by atoms with E-state index in [4.69, 9.17) is 0 Å². The Morgan fingerprint density at radius 3 is 2.71 bits per heavy atom. The third-order valence-corrected chi connectivity index (χ3v) is 3.47. The lowest BCUT2D eigenvalue weighted by atomic mass is 9.90. The van der Waals surface area contributed by atoms with Crippen molar-refractivity contribution in [3.8, 4) is 0 Å². The van der Waals surface area contributed by atoms with Crippen LogP contribution in [0.3, 0.4) is 0 Å². The topological polar surface area (TPSA) is 15.3 Å². The minimum Gasteiger partial charge on any atom is -0.316 e. The molecular weight excluding hydrogens is 186 g/mol. The fourth-order valence-electron chi connectivity index (χ4n) is 2.77. The molecule has 0 aliphatic carbocycles. The number of nitrogens with zero attached hydrogens (tertiary/aromatic N) is 1. The van der Waals surface area contributed by atoms with Crippen molar-refractivity contribution in [1.29, 1.82) is 0 Å². The number of rotatable bonds is 2. The fraction of sp³-hybridized carbons (Fsp3) is 1.00. The molecule has 14 heavy (non-hydrogen) atoms. The third-order valence-electron chi connectivity index (χ3n) is 3.47.